The number of carbonyl (C=O) groups excluding carboxylic acids is 1. The molecule has 0 radical (unpaired) electrons. The molecule has 98 valence electrons. The lowest BCUT2D eigenvalue weighted by atomic mass is 10.0. The van der Waals surface area contributed by atoms with Gasteiger partial charge in [0.25, 0.3) is 5.91 Å². The molecule has 1 unspecified atom stereocenters. The minimum Gasteiger partial charge on any atom is -0.337 e. The molecule has 5 nitrogen and oxygen atoms in total. The lowest BCUT2D eigenvalue weighted by Gasteiger charge is -2.33. The zero-order valence-electron chi connectivity index (χ0n) is 10.6. The molecule has 0 bridgehead atoms. The predicted octanol–water partition coefficient (Wildman–Crippen LogP) is 0.589. The van der Waals surface area contributed by atoms with Gasteiger partial charge in [0, 0.05) is 31.4 Å². The molecule has 2 rings (SSSR count). The monoisotopic (exact) mass is 249 g/mol. The molecule has 1 aliphatic heterocycles. The summed E-state index contributed by atoms with van der Waals surface area (Å²) >= 11 is 0. The van der Waals surface area contributed by atoms with Crippen LogP contribution in [0.25, 0.3) is 0 Å². The summed E-state index contributed by atoms with van der Waals surface area (Å²) in [5.74, 6) is -0.00569. The van der Waals surface area contributed by atoms with Crippen LogP contribution >= 0.6 is 0 Å². The second-order valence-corrected chi connectivity index (χ2v) is 4.59. The molecule has 1 atom stereocenters. The standard InChI is InChI=1S/C13H19N3O2/c1-2-14-11-4-3-7-16(9-11)13(18)10-5-6-12(17)15-8-10/h5-6,8,11,14H,2-4,7,9H2,1H3,(H,15,17). The van der Waals surface area contributed by atoms with Gasteiger partial charge in [-0.3, -0.25) is 9.59 Å². The van der Waals surface area contributed by atoms with Gasteiger partial charge < -0.3 is 15.2 Å². The van der Waals surface area contributed by atoms with Crippen molar-refractivity contribution < 1.29 is 4.79 Å². The smallest absolute Gasteiger partial charge is 0.255 e. The van der Waals surface area contributed by atoms with Crippen molar-refractivity contribution in [2.45, 2.75) is 25.8 Å². The molecule has 1 aromatic heterocycles. The SMILES string of the molecule is CCNC1CCCN(C(=O)c2ccc(=O)[nH]c2)C1. The summed E-state index contributed by atoms with van der Waals surface area (Å²) < 4.78 is 0. The highest BCUT2D eigenvalue weighted by atomic mass is 16.2. The fraction of sp³-hybridized carbons (Fsp3) is 0.538. The van der Waals surface area contributed by atoms with Crippen LogP contribution in [-0.4, -0.2) is 41.5 Å². The number of aromatic nitrogens is 1. The topological polar surface area (TPSA) is 65.2 Å². The van der Waals surface area contributed by atoms with Crippen molar-refractivity contribution >= 4 is 5.91 Å². The highest BCUT2D eigenvalue weighted by Crippen LogP contribution is 2.13. The third kappa shape index (κ3) is 2.98. The van der Waals surface area contributed by atoms with Gasteiger partial charge in [-0.25, -0.2) is 0 Å². The molecular weight excluding hydrogens is 230 g/mol. The molecule has 1 amide bonds. The predicted molar refractivity (Wildman–Crippen MR) is 69.7 cm³/mol. The number of rotatable bonds is 3. The van der Waals surface area contributed by atoms with Crippen molar-refractivity contribution in [1.29, 1.82) is 0 Å². The number of likely N-dealkylation sites (tertiary alicyclic amines) is 1. The largest absolute Gasteiger partial charge is 0.337 e. The van der Waals surface area contributed by atoms with E-state index in [1.54, 1.807) is 6.07 Å². The molecule has 0 aromatic carbocycles. The third-order valence-corrected chi connectivity index (χ3v) is 3.23. The Kier molecular flexibility index (Phi) is 4.15. The van der Waals surface area contributed by atoms with Gasteiger partial charge in [-0.05, 0) is 25.5 Å². The molecule has 1 saturated heterocycles. The van der Waals surface area contributed by atoms with Crippen LogP contribution in [0.4, 0.5) is 0 Å². The molecule has 1 aromatic rings. The first-order chi connectivity index (χ1) is 8.70. The number of piperidine rings is 1. The summed E-state index contributed by atoms with van der Waals surface area (Å²) in [5.41, 5.74) is 0.363. The van der Waals surface area contributed by atoms with E-state index >= 15 is 0 Å². The fourth-order valence-electron chi connectivity index (χ4n) is 2.34. The number of amides is 1. The van der Waals surface area contributed by atoms with Crippen molar-refractivity contribution in [2.75, 3.05) is 19.6 Å². The van der Waals surface area contributed by atoms with Gasteiger partial charge in [0.05, 0.1) is 5.56 Å². The summed E-state index contributed by atoms with van der Waals surface area (Å²) in [7, 11) is 0. The average Bonchev–Trinajstić information content (AvgIpc) is 2.39. The van der Waals surface area contributed by atoms with E-state index in [2.05, 4.69) is 17.2 Å². The number of nitrogens with one attached hydrogen (secondary N) is 2. The van der Waals surface area contributed by atoms with Crippen LogP contribution in [0.3, 0.4) is 0 Å². The maximum Gasteiger partial charge on any atom is 0.255 e. The minimum atomic E-state index is -0.185. The minimum absolute atomic E-state index is 0.00569. The highest BCUT2D eigenvalue weighted by molar-refractivity contribution is 5.93. The van der Waals surface area contributed by atoms with Crippen LogP contribution in [0.2, 0.25) is 0 Å². The van der Waals surface area contributed by atoms with Crippen molar-refractivity contribution in [3.8, 4) is 0 Å². The van der Waals surface area contributed by atoms with E-state index < -0.39 is 0 Å². The van der Waals surface area contributed by atoms with E-state index in [0.717, 1.165) is 32.5 Å². The molecule has 1 aliphatic rings. The maximum absolute atomic E-state index is 12.2. The fourth-order valence-corrected chi connectivity index (χ4v) is 2.34. The molecule has 2 N–H and O–H groups in total. The molecule has 0 spiro atoms. The van der Waals surface area contributed by atoms with Gasteiger partial charge in [0.2, 0.25) is 5.56 Å². The van der Waals surface area contributed by atoms with Gasteiger partial charge >= 0.3 is 0 Å². The van der Waals surface area contributed by atoms with Gasteiger partial charge in [0.15, 0.2) is 0 Å². The van der Waals surface area contributed by atoms with Crippen molar-refractivity contribution in [3.05, 3.63) is 34.2 Å². The van der Waals surface area contributed by atoms with Crippen molar-refractivity contribution in [1.82, 2.24) is 15.2 Å². The average molecular weight is 249 g/mol. The number of nitrogens with zero attached hydrogens (tertiary/aromatic N) is 1. The lowest BCUT2D eigenvalue weighted by molar-refractivity contribution is 0.0695. The Morgan fingerprint density at radius 2 is 2.39 bits per heavy atom. The van der Waals surface area contributed by atoms with E-state index in [1.165, 1.54) is 12.3 Å². The number of pyridine rings is 1. The quantitative estimate of drug-likeness (QED) is 0.824. The summed E-state index contributed by atoms with van der Waals surface area (Å²) in [4.78, 5) is 27.6. The first kappa shape index (κ1) is 12.8. The lowest BCUT2D eigenvalue weighted by Crippen LogP contribution is -2.48. The highest BCUT2D eigenvalue weighted by Gasteiger charge is 2.23. The number of H-pyrrole nitrogens is 1. The molecule has 18 heavy (non-hydrogen) atoms. The van der Waals surface area contributed by atoms with Crippen LogP contribution in [0.5, 0.6) is 0 Å². The number of hydrogen-bond acceptors (Lipinski definition) is 3. The van der Waals surface area contributed by atoms with Crippen LogP contribution < -0.4 is 10.9 Å². The summed E-state index contributed by atoms with van der Waals surface area (Å²) in [5, 5.41) is 3.38. The van der Waals surface area contributed by atoms with Gasteiger partial charge in [-0.15, -0.1) is 0 Å². The maximum atomic E-state index is 12.2. The molecule has 2 heterocycles. The van der Waals surface area contributed by atoms with Crippen molar-refractivity contribution in [3.63, 3.8) is 0 Å². The zero-order chi connectivity index (χ0) is 13.0. The van der Waals surface area contributed by atoms with Crippen LogP contribution in [-0.2, 0) is 0 Å². The van der Waals surface area contributed by atoms with Gasteiger partial charge in [-0.1, -0.05) is 6.92 Å². The van der Waals surface area contributed by atoms with Crippen LogP contribution in [0.1, 0.15) is 30.1 Å². The summed E-state index contributed by atoms with van der Waals surface area (Å²) in [6, 6.07) is 3.35. The van der Waals surface area contributed by atoms with Gasteiger partial charge in [0.1, 0.15) is 0 Å². The summed E-state index contributed by atoms with van der Waals surface area (Å²) in [6.45, 7) is 4.53. The molecule has 5 heteroatoms. The van der Waals surface area contributed by atoms with Gasteiger partial charge in [-0.2, -0.15) is 0 Å². The van der Waals surface area contributed by atoms with E-state index in [-0.39, 0.29) is 11.5 Å². The number of hydrogen-bond donors (Lipinski definition) is 2. The number of likely N-dealkylation sites (N-methyl/N-ethyl adjacent to an activating group) is 1. The zero-order valence-corrected chi connectivity index (χ0v) is 10.6. The van der Waals surface area contributed by atoms with E-state index in [9.17, 15) is 9.59 Å². The number of aromatic amines is 1. The Bertz CT molecular complexity index is 447. The van der Waals surface area contributed by atoms with Crippen molar-refractivity contribution in [2.24, 2.45) is 0 Å². The third-order valence-electron chi connectivity index (χ3n) is 3.23. The first-order valence-electron chi connectivity index (χ1n) is 6.42. The Hall–Kier alpha value is -1.62. The van der Waals surface area contributed by atoms with E-state index in [0.29, 0.717) is 11.6 Å². The number of carbonyl (C=O) groups is 1. The first-order valence-corrected chi connectivity index (χ1v) is 6.42. The van der Waals surface area contributed by atoms with Crippen LogP contribution in [0.15, 0.2) is 23.1 Å². The second-order valence-electron chi connectivity index (χ2n) is 4.59. The Morgan fingerprint density at radius 3 is 3.06 bits per heavy atom. The molecule has 1 fully saturated rings. The van der Waals surface area contributed by atoms with E-state index in [1.807, 2.05) is 4.90 Å². The molecular formula is C13H19N3O2. The summed E-state index contributed by atoms with van der Waals surface area (Å²) in [6.07, 6.45) is 3.62. The molecule has 0 saturated carbocycles. The Labute approximate surface area is 106 Å². The normalized spacial score (nSPS) is 19.8. The Balaban J connectivity index is 2.04. The van der Waals surface area contributed by atoms with E-state index in [4.69, 9.17) is 0 Å². The van der Waals surface area contributed by atoms with Crippen LogP contribution in [0, 0.1) is 0 Å². The Morgan fingerprint density at radius 1 is 1.56 bits per heavy atom. The second kappa shape index (κ2) is 5.82. The molecule has 0 aliphatic carbocycles.